The molecule has 3 aromatic rings. The Kier molecular flexibility index (Phi) is 8.13. The SMILES string of the molecule is N=C(/C=C(\Nc1ccc(N(N)/C=C(\N)c2ccc(Oc3ccccc3)cc2)cc1)C(F)(F)F)C(F)(F)F. The highest BCUT2D eigenvalue weighted by Crippen LogP contribution is 2.30. The van der Waals surface area contributed by atoms with Gasteiger partial charge in [-0.05, 0) is 72.3 Å². The van der Waals surface area contributed by atoms with Crippen molar-refractivity contribution >= 4 is 22.8 Å². The zero-order valence-corrected chi connectivity index (χ0v) is 18.9. The van der Waals surface area contributed by atoms with E-state index in [2.05, 4.69) is 0 Å². The molecule has 0 saturated heterocycles. The molecule has 0 heterocycles. The Labute approximate surface area is 207 Å². The molecule has 0 radical (unpaired) electrons. The Balaban J connectivity index is 1.69. The van der Waals surface area contributed by atoms with Crippen molar-refractivity contribution in [3.63, 3.8) is 0 Å². The Hall–Kier alpha value is -4.45. The Bertz CT molecular complexity index is 1270. The minimum absolute atomic E-state index is 0.165. The summed E-state index contributed by atoms with van der Waals surface area (Å²) < 4.78 is 82.7. The number of hydrogen-bond acceptors (Lipinski definition) is 6. The largest absolute Gasteiger partial charge is 0.457 e. The lowest BCUT2D eigenvalue weighted by molar-refractivity contribution is -0.0905. The van der Waals surface area contributed by atoms with Crippen LogP contribution in [-0.2, 0) is 0 Å². The van der Waals surface area contributed by atoms with Crippen LogP contribution in [0.2, 0.25) is 0 Å². The van der Waals surface area contributed by atoms with E-state index in [0.717, 1.165) is 5.01 Å². The molecule has 194 valence electrons. The van der Waals surface area contributed by atoms with E-state index in [4.69, 9.17) is 21.7 Å². The smallest absolute Gasteiger partial charge is 0.432 e. The number of allylic oxidation sites excluding steroid dienone is 2. The van der Waals surface area contributed by atoms with Gasteiger partial charge in [-0.3, -0.25) is 10.4 Å². The molecule has 0 atom stereocenters. The molecule has 0 fully saturated rings. The van der Waals surface area contributed by atoms with Gasteiger partial charge in [0, 0.05) is 11.9 Å². The van der Waals surface area contributed by atoms with Gasteiger partial charge in [0.2, 0.25) is 0 Å². The molecule has 0 bridgehead atoms. The number of nitrogens with two attached hydrogens (primary N) is 2. The zero-order chi connectivity index (χ0) is 27.2. The molecule has 0 aliphatic heterocycles. The first-order chi connectivity index (χ1) is 17.3. The highest BCUT2D eigenvalue weighted by Gasteiger charge is 2.39. The Morgan fingerprint density at radius 3 is 1.92 bits per heavy atom. The standard InChI is InChI=1S/C25H21F6N5O/c26-24(27,28)22(33)14-23(25(29,30)31)35-17-8-10-18(11-9-17)36(34)15-21(32)16-6-12-20(13-7-16)37-19-4-2-1-3-5-19/h1-15,33,35H,32,34H2/b21-15-,23-14-,33-22?. The summed E-state index contributed by atoms with van der Waals surface area (Å²) in [5.74, 6) is 7.25. The molecular weight excluding hydrogens is 500 g/mol. The number of hydrogen-bond donors (Lipinski definition) is 4. The first-order valence-corrected chi connectivity index (χ1v) is 10.5. The summed E-state index contributed by atoms with van der Waals surface area (Å²) in [7, 11) is 0. The maximum absolute atomic E-state index is 13.1. The number of para-hydroxylation sites is 1. The maximum atomic E-state index is 13.1. The predicted octanol–water partition coefficient (Wildman–Crippen LogP) is 6.56. The van der Waals surface area contributed by atoms with Gasteiger partial charge in [0.15, 0.2) is 0 Å². The zero-order valence-electron chi connectivity index (χ0n) is 18.9. The van der Waals surface area contributed by atoms with E-state index in [9.17, 15) is 26.3 Å². The van der Waals surface area contributed by atoms with Crippen LogP contribution in [0.1, 0.15) is 5.56 Å². The van der Waals surface area contributed by atoms with Crippen LogP contribution in [0.5, 0.6) is 11.5 Å². The number of nitrogens with zero attached hydrogens (tertiary/aromatic N) is 1. The lowest BCUT2D eigenvalue weighted by atomic mass is 10.1. The van der Waals surface area contributed by atoms with E-state index in [1.165, 1.54) is 30.5 Å². The van der Waals surface area contributed by atoms with Crippen molar-refractivity contribution in [3.05, 3.63) is 102 Å². The first kappa shape index (κ1) is 27.1. The van der Waals surface area contributed by atoms with Crippen LogP contribution in [0, 0.1) is 5.41 Å². The summed E-state index contributed by atoms with van der Waals surface area (Å²) in [6, 6.07) is 21.1. The van der Waals surface area contributed by atoms with Gasteiger partial charge in [0.25, 0.3) is 0 Å². The van der Waals surface area contributed by atoms with Crippen LogP contribution in [0.25, 0.3) is 5.70 Å². The van der Waals surface area contributed by atoms with Gasteiger partial charge in [-0.1, -0.05) is 18.2 Å². The number of ether oxygens (including phenoxy) is 1. The Morgan fingerprint density at radius 2 is 1.38 bits per heavy atom. The molecule has 6 N–H and O–H groups in total. The van der Waals surface area contributed by atoms with Gasteiger partial charge in [-0.25, -0.2) is 5.84 Å². The molecule has 0 saturated carbocycles. The number of halogens is 6. The second kappa shape index (κ2) is 11.1. The molecule has 6 nitrogen and oxygen atoms in total. The van der Waals surface area contributed by atoms with Crippen molar-refractivity contribution < 1.29 is 31.1 Å². The summed E-state index contributed by atoms with van der Waals surface area (Å²) in [6.45, 7) is 0. The van der Waals surface area contributed by atoms with E-state index in [1.54, 1.807) is 24.3 Å². The summed E-state index contributed by atoms with van der Waals surface area (Å²) in [4.78, 5) is 0. The van der Waals surface area contributed by atoms with E-state index in [0.29, 0.717) is 22.7 Å². The van der Waals surface area contributed by atoms with Crippen molar-refractivity contribution in [2.45, 2.75) is 12.4 Å². The van der Waals surface area contributed by atoms with E-state index < -0.39 is 23.8 Å². The minimum Gasteiger partial charge on any atom is -0.457 e. The number of anilines is 2. The molecule has 0 aliphatic carbocycles. The monoisotopic (exact) mass is 521 g/mol. The lowest BCUT2D eigenvalue weighted by Crippen LogP contribution is -2.26. The third-order valence-corrected chi connectivity index (χ3v) is 4.79. The fourth-order valence-corrected chi connectivity index (χ4v) is 2.93. The summed E-state index contributed by atoms with van der Waals surface area (Å²) in [6.07, 6.45) is -9.29. The maximum Gasteiger partial charge on any atom is 0.432 e. The molecule has 12 heteroatoms. The van der Waals surface area contributed by atoms with Crippen molar-refractivity contribution in [1.82, 2.24) is 0 Å². The molecule has 0 unspecified atom stereocenters. The van der Waals surface area contributed by atoms with Crippen LogP contribution in [-0.4, -0.2) is 18.1 Å². The van der Waals surface area contributed by atoms with E-state index in [1.807, 2.05) is 35.6 Å². The van der Waals surface area contributed by atoms with Crippen molar-refractivity contribution in [2.75, 3.05) is 10.3 Å². The van der Waals surface area contributed by atoms with Crippen molar-refractivity contribution in [1.29, 1.82) is 5.41 Å². The first-order valence-electron chi connectivity index (χ1n) is 10.5. The van der Waals surface area contributed by atoms with E-state index in [-0.39, 0.29) is 17.5 Å². The normalized spacial score (nSPS) is 12.7. The molecule has 0 amide bonds. The van der Waals surface area contributed by atoms with Crippen LogP contribution < -0.4 is 26.6 Å². The molecule has 3 rings (SSSR count). The summed E-state index contributed by atoms with van der Waals surface area (Å²) >= 11 is 0. The number of nitrogens with one attached hydrogen (secondary N) is 2. The van der Waals surface area contributed by atoms with Crippen molar-refractivity contribution in [2.24, 2.45) is 11.6 Å². The fourth-order valence-electron chi connectivity index (χ4n) is 2.93. The topological polar surface area (TPSA) is 100 Å². The summed E-state index contributed by atoms with van der Waals surface area (Å²) in [5.41, 5.74) is 3.30. The minimum atomic E-state index is -5.22. The van der Waals surface area contributed by atoms with Crippen molar-refractivity contribution in [3.8, 4) is 11.5 Å². The third-order valence-electron chi connectivity index (χ3n) is 4.79. The molecule has 37 heavy (non-hydrogen) atoms. The van der Waals surface area contributed by atoms with Gasteiger partial charge < -0.3 is 15.8 Å². The average Bonchev–Trinajstić information content (AvgIpc) is 2.84. The third kappa shape index (κ3) is 7.77. The predicted molar refractivity (Wildman–Crippen MR) is 130 cm³/mol. The number of alkyl halides is 6. The highest BCUT2D eigenvalue weighted by atomic mass is 19.4. The quantitative estimate of drug-likeness (QED) is 0.117. The van der Waals surface area contributed by atoms with Gasteiger partial charge >= 0.3 is 12.4 Å². The lowest BCUT2D eigenvalue weighted by Gasteiger charge is -2.18. The second-order valence-electron chi connectivity index (χ2n) is 7.57. The molecule has 0 aliphatic rings. The number of benzene rings is 3. The highest BCUT2D eigenvalue weighted by molar-refractivity contribution is 5.97. The molecular formula is C25H21F6N5O. The second-order valence-corrected chi connectivity index (χ2v) is 7.57. The average molecular weight is 521 g/mol. The number of hydrazine groups is 1. The molecule has 3 aromatic carbocycles. The summed E-state index contributed by atoms with van der Waals surface area (Å²) in [5, 5.41) is 9.81. The molecule has 0 aromatic heterocycles. The van der Waals surface area contributed by atoms with E-state index >= 15 is 0 Å². The van der Waals surface area contributed by atoms with Crippen LogP contribution in [0.3, 0.4) is 0 Å². The Morgan fingerprint density at radius 1 is 0.811 bits per heavy atom. The van der Waals surface area contributed by atoms with Gasteiger partial charge in [0.1, 0.15) is 22.9 Å². The van der Waals surface area contributed by atoms with Gasteiger partial charge in [-0.15, -0.1) is 0 Å². The fraction of sp³-hybridized carbons (Fsp3) is 0.0800. The number of rotatable bonds is 8. The molecule has 0 spiro atoms. The van der Waals surface area contributed by atoms with Crippen LogP contribution in [0.4, 0.5) is 37.7 Å². The van der Waals surface area contributed by atoms with Crippen LogP contribution in [0.15, 0.2) is 96.8 Å². The van der Waals surface area contributed by atoms with Crippen LogP contribution >= 0.6 is 0 Å². The van der Waals surface area contributed by atoms with Gasteiger partial charge in [0.05, 0.1) is 11.4 Å². The van der Waals surface area contributed by atoms with Gasteiger partial charge in [-0.2, -0.15) is 26.3 Å².